The maximum absolute atomic E-state index is 12.8. The largest absolute Gasteiger partial charge is 0.489 e. The van der Waals surface area contributed by atoms with Gasteiger partial charge in [0.25, 0.3) is 0 Å². The summed E-state index contributed by atoms with van der Waals surface area (Å²) in [5, 5.41) is 3.28. The van der Waals surface area contributed by atoms with Gasteiger partial charge in [-0.2, -0.15) is 0 Å². The fourth-order valence-electron chi connectivity index (χ4n) is 4.43. The highest BCUT2D eigenvalue weighted by Crippen LogP contribution is 2.24. The van der Waals surface area contributed by atoms with Gasteiger partial charge in [0.1, 0.15) is 11.9 Å². The van der Waals surface area contributed by atoms with Crippen LogP contribution in [-0.2, 0) is 17.9 Å². The van der Waals surface area contributed by atoms with Crippen LogP contribution in [0.25, 0.3) is 0 Å². The van der Waals surface area contributed by atoms with Crippen molar-refractivity contribution < 1.29 is 9.53 Å². The number of para-hydroxylation sites is 1. The molecule has 0 saturated carbocycles. The van der Waals surface area contributed by atoms with Crippen molar-refractivity contribution in [2.75, 3.05) is 26.2 Å². The van der Waals surface area contributed by atoms with Crippen molar-refractivity contribution in [1.82, 2.24) is 15.1 Å². The van der Waals surface area contributed by atoms with E-state index in [4.69, 9.17) is 4.74 Å². The van der Waals surface area contributed by atoms with Gasteiger partial charge in [0, 0.05) is 37.8 Å². The van der Waals surface area contributed by atoms with Crippen LogP contribution in [-0.4, -0.2) is 54.0 Å². The topological polar surface area (TPSA) is 44.8 Å². The molecule has 0 spiro atoms. The number of piperidine rings is 1. The van der Waals surface area contributed by atoms with Crippen LogP contribution in [0.15, 0.2) is 54.6 Å². The number of carbonyl (C=O) groups is 1. The van der Waals surface area contributed by atoms with Gasteiger partial charge < -0.3 is 10.1 Å². The minimum absolute atomic E-state index is 0.0718. The standard InChI is InChI=1S/C24H31N3O2/c1-19-14-27(16-21-10-5-6-12-23(21)29-19)18-24(28)25-22-11-7-13-26(17-22)15-20-8-3-2-4-9-20/h2-6,8-10,12,19,22H,7,11,13-18H2,1H3,(H,25,28)/t19-,22+/m1/s1. The second-order valence-corrected chi connectivity index (χ2v) is 8.33. The van der Waals surface area contributed by atoms with Crippen LogP contribution < -0.4 is 10.1 Å². The van der Waals surface area contributed by atoms with E-state index in [1.807, 2.05) is 18.2 Å². The zero-order valence-electron chi connectivity index (χ0n) is 17.2. The molecule has 1 saturated heterocycles. The number of hydrogen-bond acceptors (Lipinski definition) is 4. The fourth-order valence-corrected chi connectivity index (χ4v) is 4.43. The summed E-state index contributed by atoms with van der Waals surface area (Å²) in [7, 11) is 0. The van der Waals surface area contributed by atoms with Crippen molar-refractivity contribution in [3.05, 3.63) is 65.7 Å². The van der Waals surface area contributed by atoms with E-state index in [0.717, 1.165) is 56.9 Å². The molecular weight excluding hydrogens is 362 g/mol. The minimum atomic E-state index is 0.0718. The van der Waals surface area contributed by atoms with E-state index in [2.05, 4.69) is 58.4 Å². The summed E-state index contributed by atoms with van der Waals surface area (Å²) in [6.07, 6.45) is 2.25. The smallest absolute Gasteiger partial charge is 0.234 e. The number of benzene rings is 2. The summed E-state index contributed by atoms with van der Waals surface area (Å²) in [5.74, 6) is 1.05. The lowest BCUT2D eigenvalue weighted by molar-refractivity contribution is -0.123. The molecule has 0 bridgehead atoms. The molecule has 154 valence electrons. The second-order valence-electron chi connectivity index (χ2n) is 8.33. The number of amides is 1. The number of nitrogens with one attached hydrogen (secondary N) is 1. The van der Waals surface area contributed by atoms with E-state index in [9.17, 15) is 4.79 Å². The Morgan fingerprint density at radius 1 is 1.07 bits per heavy atom. The number of fused-ring (bicyclic) bond motifs is 1. The Kier molecular flexibility index (Phi) is 6.47. The van der Waals surface area contributed by atoms with Crippen molar-refractivity contribution in [1.29, 1.82) is 0 Å². The summed E-state index contributed by atoms with van der Waals surface area (Å²) >= 11 is 0. The van der Waals surface area contributed by atoms with Gasteiger partial charge in [-0.25, -0.2) is 0 Å². The molecule has 2 atom stereocenters. The predicted octanol–water partition coefficient (Wildman–Crippen LogP) is 3.05. The van der Waals surface area contributed by atoms with Gasteiger partial charge in [0.05, 0.1) is 6.54 Å². The van der Waals surface area contributed by atoms with Gasteiger partial charge >= 0.3 is 0 Å². The van der Waals surface area contributed by atoms with E-state index in [1.54, 1.807) is 0 Å². The lowest BCUT2D eigenvalue weighted by Gasteiger charge is -2.33. The Morgan fingerprint density at radius 3 is 2.72 bits per heavy atom. The summed E-state index contributed by atoms with van der Waals surface area (Å²) in [6, 6.07) is 18.9. The second kappa shape index (κ2) is 9.42. The molecule has 1 amide bonds. The zero-order chi connectivity index (χ0) is 20.1. The Labute approximate surface area is 173 Å². The molecule has 4 rings (SSSR count). The number of nitrogens with zero attached hydrogens (tertiary/aromatic N) is 2. The maximum atomic E-state index is 12.8. The van der Waals surface area contributed by atoms with Gasteiger partial charge in [0.15, 0.2) is 0 Å². The summed E-state index contributed by atoms with van der Waals surface area (Å²) < 4.78 is 6.01. The Hall–Kier alpha value is -2.37. The molecule has 5 nitrogen and oxygen atoms in total. The van der Waals surface area contributed by atoms with Crippen molar-refractivity contribution in [3.8, 4) is 5.75 Å². The van der Waals surface area contributed by atoms with E-state index < -0.39 is 0 Å². The molecule has 2 aliphatic heterocycles. The summed E-state index contributed by atoms with van der Waals surface area (Å²) in [4.78, 5) is 17.4. The van der Waals surface area contributed by atoms with Gasteiger partial charge in [-0.1, -0.05) is 48.5 Å². The molecule has 2 aliphatic rings. The zero-order valence-corrected chi connectivity index (χ0v) is 17.2. The maximum Gasteiger partial charge on any atom is 0.234 e. The molecule has 5 heteroatoms. The fraction of sp³-hybridized carbons (Fsp3) is 0.458. The number of likely N-dealkylation sites (tertiary alicyclic amines) is 1. The first-order valence-corrected chi connectivity index (χ1v) is 10.7. The van der Waals surface area contributed by atoms with Crippen molar-refractivity contribution in [2.45, 2.75) is 45.0 Å². The molecule has 0 unspecified atom stereocenters. The normalized spacial score (nSPS) is 22.9. The predicted molar refractivity (Wildman–Crippen MR) is 115 cm³/mol. The highest BCUT2D eigenvalue weighted by atomic mass is 16.5. The molecule has 29 heavy (non-hydrogen) atoms. The number of carbonyl (C=O) groups excluding carboxylic acids is 1. The Balaban J connectivity index is 1.30. The van der Waals surface area contributed by atoms with Gasteiger partial charge in [-0.05, 0) is 37.9 Å². The third-order valence-electron chi connectivity index (χ3n) is 5.70. The number of ether oxygens (including phenoxy) is 1. The molecule has 2 aromatic carbocycles. The average Bonchev–Trinajstić information content (AvgIpc) is 2.86. The SMILES string of the molecule is C[C@@H]1CN(CC(=O)N[C@H]2CCCN(Cc3ccccc3)C2)Cc2ccccc2O1. The van der Waals surface area contributed by atoms with Crippen molar-refractivity contribution >= 4 is 5.91 Å². The molecule has 0 aliphatic carbocycles. The van der Waals surface area contributed by atoms with Crippen LogP contribution in [0.4, 0.5) is 0 Å². The molecule has 2 aromatic rings. The van der Waals surface area contributed by atoms with E-state index in [0.29, 0.717) is 6.54 Å². The van der Waals surface area contributed by atoms with Crippen LogP contribution in [0, 0.1) is 0 Å². The monoisotopic (exact) mass is 393 g/mol. The molecular formula is C24H31N3O2. The first-order chi connectivity index (χ1) is 14.2. The lowest BCUT2D eigenvalue weighted by atomic mass is 10.0. The van der Waals surface area contributed by atoms with E-state index in [1.165, 1.54) is 5.56 Å². The summed E-state index contributed by atoms with van der Waals surface area (Å²) in [6.45, 7) is 6.95. The van der Waals surface area contributed by atoms with Crippen LogP contribution in [0.2, 0.25) is 0 Å². The van der Waals surface area contributed by atoms with Gasteiger partial charge in [-0.3, -0.25) is 14.6 Å². The Morgan fingerprint density at radius 2 is 1.86 bits per heavy atom. The average molecular weight is 394 g/mol. The van der Waals surface area contributed by atoms with E-state index >= 15 is 0 Å². The molecule has 1 N–H and O–H groups in total. The highest BCUT2D eigenvalue weighted by Gasteiger charge is 2.25. The first-order valence-electron chi connectivity index (χ1n) is 10.7. The number of hydrogen-bond donors (Lipinski definition) is 1. The lowest BCUT2D eigenvalue weighted by Crippen LogP contribution is -2.50. The van der Waals surface area contributed by atoms with Gasteiger partial charge in [0.2, 0.25) is 5.91 Å². The summed E-state index contributed by atoms with van der Waals surface area (Å²) in [5.41, 5.74) is 2.48. The van der Waals surface area contributed by atoms with Crippen LogP contribution in [0.1, 0.15) is 30.9 Å². The molecule has 2 heterocycles. The van der Waals surface area contributed by atoms with E-state index in [-0.39, 0.29) is 18.1 Å². The van der Waals surface area contributed by atoms with Crippen LogP contribution in [0.5, 0.6) is 5.75 Å². The highest BCUT2D eigenvalue weighted by molar-refractivity contribution is 5.78. The van der Waals surface area contributed by atoms with Gasteiger partial charge in [-0.15, -0.1) is 0 Å². The van der Waals surface area contributed by atoms with Crippen LogP contribution >= 0.6 is 0 Å². The molecule has 0 radical (unpaired) electrons. The quantitative estimate of drug-likeness (QED) is 0.848. The minimum Gasteiger partial charge on any atom is -0.489 e. The first kappa shape index (κ1) is 19.9. The van der Waals surface area contributed by atoms with Crippen molar-refractivity contribution in [2.24, 2.45) is 0 Å². The van der Waals surface area contributed by atoms with Crippen molar-refractivity contribution in [3.63, 3.8) is 0 Å². The third-order valence-corrected chi connectivity index (χ3v) is 5.70. The Bertz CT molecular complexity index is 811. The molecule has 1 fully saturated rings. The number of rotatable bonds is 5. The molecule has 0 aromatic heterocycles. The third kappa shape index (κ3) is 5.58. The van der Waals surface area contributed by atoms with Crippen LogP contribution in [0.3, 0.4) is 0 Å².